The molecule has 7 nitrogen and oxygen atoms in total. The highest BCUT2D eigenvalue weighted by Crippen LogP contribution is 2.24. The van der Waals surface area contributed by atoms with Crippen LogP contribution >= 0.6 is 11.8 Å². The van der Waals surface area contributed by atoms with Crippen molar-refractivity contribution < 1.29 is 14.3 Å². The molecular formula is C21H24N4O3S. The zero-order valence-corrected chi connectivity index (χ0v) is 17.7. The van der Waals surface area contributed by atoms with Gasteiger partial charge < -0.3 is 19.4 Å². The molecule has 1 unspecified atom stereocenters. The molecule has 0 spiro atoms. The van der Waals surface area contributed by atoms with Gasteiger partial charge in [0.05, 0.1) is 12.9 Å². The van der Waals surface area contributed by atoms with E-state index in [0.29, 0.717) is 22.4 Å². The number of amides is 1. The van der Waals surface area contributed by atoms with E-state index >= 15 is 0 Å². The molecule has 1 N–H and O–H groups in total. The highest BCUT2D eigenvalue weighted by molar-refractivity contribution is 7.99. The zero-order chi connectivity index (χ0) is 20.8. The Labute approximate surface area is 174 Å². The van der Waals surface area contributed by atoms with E-state index in [4.69, 9.17) is 9.47 Å². The third kappa shape index (κ3) is 5.51. The number of aromatic nitrogens is 3. The summed E-state index contributed by atoms with van der Waals surface area (Å²) in [6.45, 7) is 3.95. The first kappa shape index (κ1) is 20.7. The predicted octanol–water partition coefficient (Wildman–Crippen LogP) is 4.00. The Morgan fingerprint density at radius 1 is 1.17 bits per heavy atom. The van der Waals surface area contributed by atoms with Gasteiger partial charge in [-0.25, -0.2) is 0 Å². The molecule has 0 fully saturated rings. The van der Waals surface area contributed by atoms with E-state index in [2.05, 4.69) is 15.5 Å². The number of hydrogen-bond donors (Lipinski definition) is 1. The Morgan fingerprint density at radius 3 is 2.69 bits per heavy atom. The van der Waals surface area contributed by atoms with Gasteiger partial charge in [0.1, 0.15) is 11.5 Å². The summed E-state index contributed by atoms with van der Waals surface area (Å²) in [5.74, 6) is 2.26. The molecule has 3 aromatic rings. The van der Waals surface area contributed by atoms with Crippen LogP contribution in [0.5, 0.6) is 11.5 Å². The quantitative estimate of drug-likeness (QED) is 0.564. The van der Waals surface area contributed by atoms with Crippen molar-refractivity contribution in [2.75, 3.05) is 18.2 Å². The van der Waals surface area contributed by atoms with Crippen LogP contribution in [-0.2, 0) is 11.8 Å². The van der Waals surface area contributed by atoms with Crippen LogP contribution in [0.1, 0.15) is 24.4 Å². The summed E-state index contributed by atoms with van der Waals surface area (Å²) in [4.78, 5) is 12.3. The fraction of sp³-hybridized carbons (Fsp3) is 0.286. The van der Waals surface area contributed by atoms with Gasteiger partial charge in [0.2, 0.25) is 5.91 Å². The van der Waals surface area contributed by atoms with Gasteiger partial charge in [0, 0.05) is 18.8 Å². The molecule has 0 aliphatic rings. The van der Waals surface area contributed by atoms with E-state index in [0.717, 1.165) is 11.3 Å². The summed E-state index contributed by atoms with van der Waals surface area (Å²) in [5, 5.41) is 11.9. The van der Waals surface area contributed by atoms with Crippen LogP contribution in [-0.4, -0.2) is 33.5 Å². The Balaban J connectivity index is 1.58. The molecule has 1 amide bonds. The van der Waals surface area contributed by atoms with Crippen LogP contribution in [0.3, 0.4) is 0 Å². The van der Waals surface area contributed by atoms with Crippen molar-refractivity contribution in [3.63, 3.8) is 0 Å². The Morgan fingerprint density at radius 2 is 1.93 bits per heavy atom. The molecule has 0 bridgehead atoms. The number of carbonyl (C=O) groups excluding carboxylic acids is 1. The van der Waals surface area contributed by atoms with E-state index in [1.165, 1.54) is 11.8 Å². The molecule has 0 radical (unpaired) electrons. The Kier molecular flexibility index (Phi) is 6.77. The third-order valence-corrected chi connectivity index (χ3v) is 5.24. The molecule has 1 heterocycles. The first-order chi connectivity index (χ1) is 14.0. The molecule has 29 heavy (non-hydrogen) atoms. The maximum atomic E-state index is 12.3. The second kappa shape index (κ2) is 9.47. The summed E-state index contributed by atoms with van der Waals surface area (Å²) in [6, 6.07) is 15.1. The topological polar surface area (TPSA) is 78.3 Å². The van der Waals surface area contributed by atoms with E-state index in [1.807, 2.05) is 67.9 Å². The van der Waals surface area contributed by atoms with E-state index in [-0.39, 0.29) is 17.8 Å². The predicted molar refractivity (Wildman–Crippen MR) is 114 cm³/mol. The fourth-order valence-corrected chi connectivity index (χ4v) is 3.50. The van der Waals surface area contributed by atoms with E-state index in [1.54, 1.807) is 13.2 Å². The number of rotatable bonds is 8. The summed E-state index contributed by atoms with van der Waals surface area (Å²) < 4.78 is 13.0. The number of methoxy groups -OCH3 is 1. The minimum Gasteiger partial charge on any atom is -0.497 e. The lowest BCUT2D eigenvalue weighted by Crippen LogP contribution is -2.15. The molecule has 1 atom stereocenters. The van der Waals surface area contributed by atoms with Crippen molar-refractivity contribution in [2.24, 2.45) is 7.05 Å². The minimum atomic E-state index is -0.269. The number of carbonyl (C=O) groups is 1. The van der Waals surface area contributed by atoms with Gasteiger partial charge in [0.15, 0.2) is 17.1 Å². The number of benzene rings is 2. The van der Waals surface area contributed by atoms with Gasteiger partial charge in [-0.05, 0) is 43.7 Å². The van der Waals surface area contributed by atoms with Crippen molar-refractivity contribution in [1.29, 1.82) is 0 Å². The van der Waals surface area contributed by atoms with Crippen LogP contribution in [0.15, 0.2) is 53.7 Å². The number of ether oxygens (including phenoxy) is 2. The number of nitrogens with one attached hydrogen (secondary N) is 1. The van der Waals surface area contributed by atoms with Crippen molar-refractivity contribution in [1.82, 2.24) is 14.8 Å². The Hall–Kier alpha value is -3.00. The van der Waals surface area contributed by atoms with Crippen LogP contribution < -0.4 is 14.8 Å². The Bertz CT molecular complexity index is 990. The zero-order valence-electron chi connectivity index (χ0n) is 16.9. The largest absolute Gasteiger partial charge is 0.497 e. The standard InChI is InChI=1S/C21H24N4O3S/c1-14-7-5-10-18(11-14)28-15(2)20-23-24-21(25(20)3)29-13-19(26)22-16-8-6-9-17(12-16)27-4/h5-12,15H,13H2,1-4H3,(H,22,26). The van der Waals surface area contributed by atoms with Gasteiger partial charge >= 0.3 is 0 Å². The van der Waals surface area contributed by atoms with Gasteiger partial charge in [-0.1, -0.05) is 30.0 Å². The lowest BCUT2D eigenvalue weighted by atomic mass is 10.2. The van der Waals surface area contributed by atoms with Gasteiger partial charge in [-0.2, -0.15) is 0 Å². The summed E-state index contributed by atoms with van der Waals surface area (Å²) in [5.41, 5.74) is 1.82. The number of thioether (sulfide) groups is 1. The maximum Gasteiger partial charge on any atom is 0.234 e. The lowest BCUT2D eigenvalue weighted by Gasteiger charge is -2.14. The average Bonchev–Trinajstić information content (AvgIpc) is 3.07. The molecule has 2 aromatic carbocycles. The van der Waals surface area contributed by atoms with E-state index in [9.17, 15) is 4.79 Å². The van der Waals surface area contributed by atoms with Crippen LogP contribution in [0.4, 0.5) is 5.69 Å². The summed E-state index contributed by atoms with van der Waals surface area (Å²) in [6.07, 6.45) is -0.269. The normalized spacial score (nSPS) is 11.7. The summed E-state index contributed by atoms with van der Waals surface area (Å²) >= 11 is 1.32. The molecule has 0 aliphatic carbocycles. The maximum absolute atomic E-state index is 12.3. The number of anilines is 1. The number of hydrogen-bond acceptors (Lipinski definition) is 6. The average molecular weight is 413 g/mol. The van der Waals surface area contributed by atoms with Crippen molar-refractivity contribution in [3.05, 3.63) is 59.9 Å². The van der Waals surface area contributed by atoms with Crippen molar-refractivity contribution in [2.45, 2.75) is 25.1 Å². The van der Waals surface area contributed by atoms with Crippen molar-refractivity contribution in [3.8, 4) is 11.5 Å². The van der Waals surface area contributed by atoms with Gasteiger partial charge in [0.25, 0.3) is 0 Å². The van der Waals surface area contributed by atoms with E-state index < -0.39 is 0 Å². The fourth-order valence-electron chi connectivity index (χ4n) is 2.78. The number of nitrogens with zero attached hydrogens (tertiary/aromatic N) is 3. The summed E-state index contributed by atoms with van der Waals surface area (Å²) in [7, 11) is 3.46. The molecule has 152 valence electrons. The molecule has 0 saturated heterocycles. The molecule has 8 heteroatoms. The smallest absolute Gasteiger partial charge is 0.234 e. The first-order valence-electron chi connectivity index (χ1n) is 9.15. The molecule has 3 rings (SSSR count). The number of aryl methyl sites for hydroxylation is 1. The van der Waals surface area contributed by atoms with Crippen molar-refractivity contribution >= 4 is 23.4 Å². The second-order valence-corrected chi connectivity index (χ2v) is 7.49. The van der Waals surface area contributed by atoms with Gasteiger partial charge in [-0.3, -0.25) is 4.79 Å². The van der Waals surface area contributed by atoms with Crippen LogP contribution in [0.2, 0.25) is 0 Å². The minimum absolute atomic E-state index is 0.128. The molecule has 0 aliphatic heterocycles. The highest BCUT2D eigenvalue weighted by atomic mass is 32.2. The molecule has 1 aromatic heterocycles. The second-order valence-electron chi connectivity index (χ2n) is 6.55. The molecule has 0 saturated carbocycles. The monoisotopic (exact) mass is 412 g/mol. The lowest BCUT2D eigenvalue weighted by molar-refractivity contribution is -0.113. The third-order valence-electron chi connectivity index (χ3n) is 4.22. The van der Waals surface area contributed by atoms with Gasteiger partial charge in [-0.15, -0.1) is 10.2 Å². The van der Waals surface area contributed by atoms with Crippen LogP contribution in [0, 0.1) is 6.92 Å². The first-order valence-corrected chi connectivity index (χ1v) is 10.1. The highest BCUT2D eigenvalue weighted by Gasteiger charge is 2.18. The van der Waals surface area contributed by atoms with Crippen LogP contribution in [0.25, 0.3) is 0 Å². The molecular weight excluding hydrogens is 388 g/mol. The SMILES string of the molecule is COc1cccc(NC(=O)CSc2nnc(C(C)Oc3cccc(C)c3)n2C)c1.